The van der Waals surface area contributed by atoms with E-state index >= 15 is 0 Å². The molecule has 0 bridgehead atoms. The highest BCUT2D eigenvalue weighted by Gasteiger charge is 2.21. The van der Waals surface area contributed by atoms with E-state index in [1.54, 1.807) is 36.9 Å². The zero-order valence-electron chi connectivity index (χ0n) is 19.9. The van der Waals surface area contributed by atoms with Gasteiger partial charge in [-0.1, -0.05) is 12.1 Å². The van der Waals surface area contributed by atoms with Crippen LogP contribution in [0.3, 0.4) is 0 Å². The van der Waals surface area contributed by atoms with Gasteiger partial charge in [0.1, 0.15) is 23.2 Å². The topological polar surface area (TPSA) is 140 Å². The Kier molecular flexibility index (Phi) is 6.93. The molecule has 4 aromatic rings. The highest BCUT2D eigenvalue weighted by atomic mass is 16.4. The van der Waals surface area contributed by atoms with E-state index in [0.29, 0.717) is 44.4 Å². The number of pyridine rings is 2. The van der Waals surface area contributed by atoms with Gasteiger partial charge in [0.2, 0.25) is 0 Å². The average molecular weight is 499 g/mol. The number of aromatic nitrogens is 4. The van der Waals surface area contributed by atoms with Crippen molar-refractivity contribution in [3.63, 3.8) is 0 Å². The monoisotopic (exact) mass is 498 g/mol. The minimum Gasteiger partial charge on any atom is -0.508 e. The van der Waals surface area contributed by atoms with Crippen LogP contribution in [0.5, 0.6) is 5.75 Å². The van der Waals surface area contributed by atoms with Gasteiger partial charge in [-0.05, 0) is 35.9 Å². The summed E-state index contributed by atoms with van der Waals surface area (Å²) in [4.78, 5) is 32.4. The fourth-order valence-electron chi connectivity index (χ4n) is 4.03. The van der Waals surface area contributed by atoms with E-state index in [9.17, 15) is 15.0 Å². The number of nitrogens with one attached hydrogen (secondary N) is 2. The van der Waals surface area contributed by atoms with Crippen LogP contribution in [0.4, 0.5) is 27.9 Å². The number of carboxylic acid groups (broad SMARTS) is 1. The fraction of sp³-hybridized carbons (Fsp3) is 0.192. The Morgan fingerprint density at radius 1 is 0.919 bits per heavy atom. The van der Waals surface area contributed by atoms with Crippen LogP contribution in [0.2, 0.25) is 0 Å². The molecule has 0 unspecified atom stereocenters. The molecule has 1 fully saturated rings. The molecule has 5 rings (SSSR count). The van der Waals surface area contributed by atoms with Gasteiger partial charge >= 0.3 is 6.09 Å². The molecule has 1 saturated heterocycles. The van der Waals surface area contributed by atoms with Gasteiger partial charge in [0.25, 0.3) is 0 Å². The summed E-state index contributed by atoms with van der Waals surface area (Å²) < 4.78 is 0. The number of anilines is 4. The quantitative estimate of drug-likeness (QED) is 0.297. The van der Waals surface area contributed by atoms with Crippen LogP contribution in [0.1, 0.15) is 5.56 Å². The van der Waals surface area contributed by atoms with Crippen LogP contribution in [-0.2, 0) is 6.54 Å². The highest BCUT2D eigenvalue weighted by Crippen LogP contribution is 2.28. The highest BCUT2D eigenvalue weighted by molar-refractivity contribution is 5.71. The van der Waals surface area contributed by atoms with Gasteiger partial charge in [0, 0.05) is 68.6 Å². The molecule has 11 heteroatoms. The summed E-state index contributed by atoms with van der Waals surface area (Å²) in [7, 11) is 0. The molecule has 0 spiro atoms. The second kappa shape index (κ2) is 10.8. The summed E-state index contributed by atoms with van der Waals surface area (Å²) >= 11 is 0. The largest absolute Gasteiger partial charge is 0.508 e. The Balaban J connectivity index is 1.41. The molecule has 3 aromatic heterocycles. The minimum absolute atomic E-state index is 0.225. The normalized spacial score (nSPS) is 13.3. The van der Waals surface area contributed by atoms with E-state index in [0.717, 1.165) is 28.3 Å². The number of phenols is 1. The smallest absolute Gasteiger partial charge is 0.407 e. The number of phenolic OH excluding ortho intramolecular Hbond substituents is 1. The summed E-state index contributed by atoms with van der Waals surface area (Å²) in [6.07, 6.45) is 5.68. The van der Waals surface area contributed by atoms with E-state index in [4.69, 9.17) is 4.98 Å². The predicted molar refractivity (Wildman–Crippen MR) is 140 cm³/mol. The predicted octanol–water partition coefficient (Wildman–Crippen LogP) is 3.79. The number of amides is 1. The zero-order chi connectivity index (χ0) is 25.6. The summed E-state index contributed by atoms with van der Waals surface area (Å²) in [6.45, 7) is 2.57. The third kappa shape index (κ3) is 6.01. The third-order valence-corrected chi connectivity index (χ3v) is 5.99. The van der Waals surface area contributed by atoms with Crippen molar-refractivity contribution in [2.45, 2.75) is 6.54 Å². The molecule has 188 valence electrons. The van der Waals surface area contributed by atoms with Crippen molar-refractivity contribution in [3.8, 4) is 17.0 Å². The molecule has 4 heterocycles. The van der Waals surface area contributed by atoms with E-state index in [1.165, 1.54) is 4.90 Å². The van der Waals surface area contributed by atoms with Gasteiger partial charge in [-0.25, -0.2) is 19.7 Å². The van der Waals surface area contributed by atoms with Crippen LogP contribution in [0.15, 0.2) is 73.3 Å². The number of benzene rings is 1. The maximum atomic E-state index is 11.2. The summed E-state index contributed by atoms with van der Waals surface area (Å²) in [5.41, 5.74) is 3.47. The van der Waals surface area contributed by atoms with Gasteiger partial charge < -0.3 is 30.6 Å². The maximum Gasteiger partial charge on any atom is 0.407 e. The van der Waals surface area contributed by atoms with Crippen LogP contribution < -0.4 is 15.5 Å². The van der Waals surface area contributed by atoms with Crippen LogP contribution in [0, 0.1) is 0 Å². The molecule has 0 aliphatic carbocycles. The van der Waals surface area contributed by atoms with Crippen LogP contribution in [0.25, 0.3) is 11.3 Å². The second-order valence-corrected chi connectivity index (χ2v) is 8.52. The van der Waals surface area contributed by atoms with Crippen molar-refractivity contribution in [2.75, 3.05) is 41.7 Å². The number of piperazine rings is 1. The standard InChI is InChI=1S/C26H26N8O3/c35-21-3-1-18(2-4-21)16-30-20-14-22(31-23(15-20)32-24-17-27-7-8-28-24)19-5-6-29-25(13-19)33-9-11-34(12-10-33)26(36)37/h1-8,13-15,17,35H,9-12,16H2,(H,36,37)(H2,28,30,31,32). The number of carbonyl (C=O) groups is 1. The van der Waals surface area contributed by atoms with Crippen molar-refractivity contribution in [2.24, 2.45) is 0 Å². The number of hydrogen-bond acceptors (Lipinski definition) is 9. The third-order valence-electron chi connectivity index (χ3n) is 5.99. The Hall–Kier alpha value is -4.93. The van der Waals surface area contributed by atoms with Crippen molar-refractivity contribution in [1.29, 1.82) is 0 Å². The second-order valence-electron chi connectivity index (χ2n) is 8.52. The van der Waals surface area contributed by atoms with Gasteiger partial charge in [0.05, 0.1) is 11.9 Å². The van der Waals surface area contributed by atoms with Gasteiger partial charge in [-0.2, -0.15) is 0 Å². The Morgan fingerprint density at radius 2 is 1.73 bits per heavy atom. The number of hydrogen-bond donors (Lipinski definition) is 4. The first-order chi connectivity index (χ1) is 18.0. The first kappa shape index (κ1) is 23.8. The van der Waals surface area contributed by atoms with Gasteiger partial charge in [-0.3, -0.25) is 4.98 Å². The minimum atomic E-state index is -0.898. The molecular weight excluding hydrogens is 472 g/mol. The van der Waals surface area contributed by atoms with Crippen LogP contribution >= 0.6 is 0 Å². The SMILES string of the molecule is O=C(O)N1CCN(c2cc(-c3cc(NCc4ccc(O)cc4)cc(Nc4cnccn4)n3)ccn2)CC1. The van der Waals surface area contributed by atoms with Gasteiger partial charge in [0.15, 0.2) is 0 Å². The fourth-order valence-corrected chi connectivity index (χ4v) is 4.03. The molecule has 11 nitrogen and oxygen atoms in total. The Morgan fingerprint density at radius 3 is 2.46 bits per heavy atom. The van der Waals surface area contributed by atoms with Gasteiger partial charge in [-0.15, -0.1) is 0 Å². The molecule has 1 amide bonds. The number of aromatic hydroxyl groups is 1. The van der Waals surface area contributed by atoms with Crippen molar-refractivity contribution < 1.29 is 15.0 Å². The molecule has 4 N–H and O–H groups in total. The number of rotatable bonds is 7. The van der Waals surface area contributed by atoms with Crippen molar-refractivity contribution >= 4 is 29.2 Å². The zero-order valence-corrected chi connectivity index (χ0v) is 19.9. The molecule has 1 aliphatic rings. The van der Waals surface area contributed by atoms with E-state index in [1.807, 2.05) is 36.4 Å². The molecule has 0 radical (unpaired) electrons. The molecule has 37 heavy (non-hydrogen) atoms. The molecular formula is C26H26N8O3. The van der Waals surface area contributed by atoms with E-state index < -0.39 is 6.09 Å². The maximum absolute atomic E-state index is 11.2. The van der Waals surface area contributed by atoms with Crippen LogP contribution in [-0.4, -0.2) is 67.3 Å². The Labute approximate surface area is 213 Å². The number of nitrogens with zero attached hydrogens (tertiary/aromatic N) is 6. The molecule has 0 saturated carbocycles. The first-order valence-corrected chi connectivity index (χ1v) is 11.8. The summed E-state index contributed by atoms with van der Waals surface area (Å²) in [5, 5.41) is 25.4. The van der Waals surface area contributed by atoms with E-state index in [-0.39, 0.29) is 5.75 Å². The molecule has 1 aromatic carbocycles. The molecule has 0 atom stereocenters. The lowest BCUT2D eigenvalue weighted by atomic mass is 10.1. The summed E-state index contributed by atoms with van der Waals surface area (Å²) in [5.74, 6) is 2.17. The lowest BCUT2D eigenvalue weighted by molar-refractivity contribution is 0.142. The molecule has 1 aliphatic heterocycles. The van der Waals surface area contributed by atoms with Crippen molar-refractivity contribution in [3.05, 3.63) is 78.9 Å². The first-order valence-electron chi connectivity index (χ1n) is 11.8. The Bertz CT molecular complexity index is 1360. The van der Waals surface area contributed by atoms with E-state index in [2.05, 4.69) is 30.5 Å². The summed E-state index contributed by atoms with van der Waals surface area (Å²) in [6, 6.07) is 14.8. The van der Waals surface area contributed by atoms with Crippen molar-refractivity contribution in [1.82, 2.24) is 24.8 Å². The lowest BCUT2D eigenvalue weighted by Gasteiger charge is -2.33. The average Bonchev–Trinajstić information content (AvgIpc) is 2.93. The lowest BCUT2D eigenvalue weighted by Crippen LogP contribution is -2.48.